The van der Waals surface area contributed by atoms with Gasteiger partial charge in [-0.3, -0.25) is 9.58 Å². The summed E-state index contributed by atoms with van der Waals surface area (Å²) in [6.07, 6.45) is -0.337. The molecule has 0 aromatic carbocycles. The normalized spacial score (nSPS) is 14.3. The zero-order valence-electron chi connectivity index (χ0n) is 13.4. The molecule has 22 heavy (non-hydrogen) atoms. The number of aromatic nitrogens is 4. The number of nitrogens with zero attached hydrogens (tertiary/aromatic N) is 5. The van der Waals surface area contributed by atoms with Crippen LogP contribution >= 0.6 is 0 Å². The van der Waals surface area contributed by atoms with Gasteiger partial charge in [-0.15, -0.1) is 0 Å². The molecule has 1 amide bonds. The average Bonchev–Trinajstić information content (AvgIpc) is 3.04. The second-order valence-corrected chi connectivity index (χ2v) is 6.38. The third-order valence-electron chi connectivity index (χ3n) is 3.35. The quantitative estimate of drug-likeness (QED) is 0.801. The number of carbonyl (C=O) groups is 1. The van der Waals surface area contributed by atoms with Crippen molar-refractivity contribution in [2.45, 2.75) is 46.4 Å². The number of rotatable bonds is 1. The lowest BCUT2D eigenvalue weighted by molar-refractivity contribution is 0.0238. The molecule has 0 atom stereocenters. The minimum atomic E-state index is -0.517. The lowest BCUT2D eigenvalue weighted by Crippen LogP contribution is -2.33. The topological polar surface area (TPSA) is 86.3 Å². The van der Waals surface area contributed by atoms with E-state index >= 15 is 0 Å². The van der Waals surface area contributed by atoms with E-state index in [1.165, 1.54) is 0 Å². The van der Waals surface area contributed by atoms with Gasteiger partial charge < -0.3 is 9.26 Å². The van der Waals surface area contributed by atoms with Crippen LogP contribution in [0.4, 0.5) is 4.79 Å². The van der Waals surface area contributed by atoms with Crippen molar-refractivity contribution in [3.63, 3.8) is 0 Å². The van der Waals surface area contributed by atoms with Crippen LogP contribution in [0.2, 0.25) is 0 Å². The van der Waals surface area contributed by atoms with Crippen LogP contribution in [0.3, 0.4) is 0 Å². The van der Waals surface area contributed by atoms with Crippen LogP contribution in [0.15, 0.2) is 4.52 Å². The standard InChI is InChI=1S/C14H19N5O3/c1-8-15-12(22-17-8)11-9-6-19(7-10(9)18(5)16-11)13(20)21-14(2,3)4/h6-7H2,1-5H3. The van der Waals surface area contributed by atoms with Crippen LogP contribution in [0, 0.1) is 6.92 Å². The zero-order chi connectivity index (χ0) is 16.1. The lowest BCUT2D eigenvalue weighted by atomic mass is 10.2. The molecule has 0 bridgehead atoms. The molecule has 8 heteroatoms. The van der Waals surface area contributed by atoms with Crippen molar-refractivity contribution in [2.24, 2.45) is 7.05 Å². The van der Waals surface area contributed by atoms with Crippen LogP contribution in [-0.4, -0.2) is 36.5 Å². The van der Waals surface area contributed by atoms with Gasteiger partial charge in [0.1, 0.15) is 5.60 Å². The highest BCUT2D eigenvalue weighted by atomic mass is 16.6. The van der Waals surface area contributed by atoms with Crippen molar-refractivity contribution >= 4 is 6.09 Å². The zero-order valence-corrected chi connectivity index (χ0v) is 13.4. The Bertz CT molecular complexity index is 725. The summed E-state index contributed by atoms with van der Waals surface area (Å²) in [6, 6.07) is 0. The third-order valence-corrected chi connectivity index (χ3v) is 3.35. The van der Waals surface area contributed by atoms with Crippen LogP contribution in [0.25, 0.3) is 11.6 Å². The first-order valence-electron chi connectivity index (χ1n) is 7.08. The highest BCUT2D eigenvalue weighted by Crippen LogP contribution is 2.31. The van der Waals surface area contributed by atoms with Gasteiger partial charge in [-0.1, -0.05) is 5.16 Å². The predicted octanol–water partition coefficient (Wildman–Crippen LogP) is 2.03. The monoisotopic (exact) mass is 305 g/mol. The van der Waals surface area contributed by atoms with Crippen LogP contribution in [0.1, 0.15) is 37.9 Å². The van der Waals surface area contributed by atoms with Crippen molar-refractivity contribution in [1.82, 2.24) is 24.8 Å². The summed E-state index contributed by atoms with van der Waals surface area (Å²) in [5.41, 5.74) is 1.99. The van der Waals surface area contributed by atoms with Gasteiger partial charge in [0.05, 0.1) is 18.8 Å². The Morgan fingerprint density at radius 2 is 2.05 bits per heavy atom. The Labute approximate surface area is 128 Å². The maximum Gasteiger partial charge on any atom is 0.410 e. The number of carbonyl (C=O) groups excluding carboxylic acids is 1. The van der Waals surface area contributed by atoms with Gasteiger partial charge in [0.15, 0.2) is 11.5 Å². The maximum absolute atomic E-state index is 12.2. The summed E-state index contributed by atoms with van der Waals surface area (Å²) in [5, 5.41) is 8.22. The summed E-state index contributed by atoms with van der Waals surface area (Å²) >= 11 is 0. The molecule has 3 heterocycles. The fourth-order valence-corrected chi connectivity index (χ4v) is 2.41. The summed E-state index contributed by atoms with van der Waals surface area (Å²) in [5.74, 6) is 0.928. The molecule has 2 aromatic heterocycles. The fraction of sp³-hybridized carbons (Fsp3) is 0.571. The maximum atomic E-state index is 12.2. The van der Waals surface area contributed by atoms with Crippen molar-refractivity contribution in [2.75, 3.05) is 0 Å². The SMILES string of the molecule is Cc1noc(-c2nn(C)c3c2CN(C(=O)OC(C)(C)C)C3)n1. The molecular formula is C14H19N5O3. The first kappa shape index (κ1) is 14.6. The molecule has 0 unspecified atom stereocenters. The third kappa shape index (κ3) is 2.56. The van der Waals surface area contributed by atoms with Crippen LogP contribution < -0.4 is 0 Å². The second kappa shape index (κ2) is 4.82. The van der Waals surface area contributed by atoms with E-state index in [4.69, 9.17) is 9.26 Å². The lowest BCUT2D eigenvalue weighted by Gasteiger charge is -2.24. The first-order valence-corrected chi connectivity index (χ1v) is 7.08. The fourth-order valence-electron chi connectivity index (χ4n) is 2.41. The van der Waals surface area contributed by atoms with E-state index in [2.05, 4.69) is 15.2 Å². The molecular weight excluding hydrogens is 286 g/mol. The molecule has 0 radical (unpaired) electrons. The van der Waals surface area contributed by atoms with Gasteiger partial charge in [-0.2, -0.15) is 10.1 Å². The molecule has 118 valence electrons. The first-order chi connectivity index (χ1) is 10.2. The van der Waals surface area contributed by atoms with Gasteiger partial charge in [0.25, 0.3) is 5.89 Å². The van der Waals surface area contributed by atoms with E-state index < -0.39 is 5.60 Å². The number of hydrogen-bond acceptors (Lipinski definition) is 6. The molecule has 8 nitrogen and oxygen atoms in total. The number of hydrogen-bond donors (Lipinski definition) is 0. The summed E-state index contributed by atoms with van der Waals surface area (Å²) in [7, 11) is 1.84. The Hall–Kier alpha value is -2.38. The molecule has 0 aliphatic carbocycles. The Morgan fingerprint density at radius 3 is 2.64 bits per heavy atom. The van der Waals surface area contributed by atoms with E-state index in [0.717, 1.165) is 11.3 Å². The number of amides is 1. The number of ether oxygens (including phenoxy) is 1. The van der Waals surface area contributed by atoms with Crippen molar-refractivity contribution in [3.05, 3.63) is 17.1 Å². The molecule has 2 aromatic rings. The number of fused-ring (bicyclic) bond motifs is 1. The number of aryl methyl sites for hydroxylation is 2. The summed E-state index contributed by atoms with van der Waals surface area (Å²) < 4.78 is 12.4. The van der Waals surface area contributed by atoms with Gasteiger partial charge in [0.2, 0.25) is 0 Å². The van der Waals surface area contributed by atoms with E-state index in [1.54, 1.807) is 16.5 Å². The largest absolute Gasteiger partial charge is 0.444 e. The molecule has 1 aliphatic heterocycles. The summed E-state index contributed by atoms with van der Waals surface area (Å²) in [4.78, 5) is 18.1. The molecule has 0 fully saturated rings. The molecule has 0 spiro atoms. The minimum Gasteiger partial charge on any atom is -0.444 e. The molecule has 1 aliphatic rings. The molecule has 0 saturated carbocycles. The molecule has 0 N–H and O–H groups in total. The van der Waals surface area contributed by atoms with E-state index in [9.17, 15) is 4.79 Å². The Morgan fingerprint density at radius 1 is 1.32 bits per heavy atom. The van der Waals surface area contributed by atoms with Crippen molar-refractivity contribution < 1.29 is 14.1 Å². The Kier molecular flexibility index (Phi) is 3.19. The molecule has 0 saturated heterocycles. The van der Waals surface area contributed by atoms with Crippen LogP contribution in [-0.2, 0) is 24.9 Å². The molecule has 3 rings (SSSR count). The Balaban J connectivity index is 1.86. The van der Waals surface area contributed by atoms with Crippen molar-refractivity contribution in [3.8, 4) is 11.6 Å². The van der Waals surface area contributed by atoms with Crippen LogP contribution in [0.5, 0.6) is 0 Å². The second-order valence-electron chi connectivity index (χ2n) is 6.38. The average molecular weight is 305 g/mol. The van der Waals surface area contributed by atoms with E-state index in [1.807, 2.05) is 27.8 Å². The van der Waals surface area contributed by atoms with Gasteiger partial charge in [0, 0.05) is 12.6 Å². The van der Waals surface area contributed by atoms with Gasteiger partial charge in [-0.05, 0) is 27.7 Å². The highest BCUT2D eigenvalue weighted by molar-refractivity contribution is 5.70. The predicted molar refractivity (Wildman–Crippen MR) is 76.7 cm³/mol. The smallest absolute Gasteiger partial charge is 0.410 e. The van der Waals surface area contributed by atoms with E-state index in [0.29, 0.717) is 30.5 Å². The highest BCUT2D eigenvalue weighted by Gasteiger charge is 2.34. The summed E-state index contributed by atoms with van der Waals surface area (Å²) in [6.45, 7) is 8.19. The van der Waals surface area contributed by atoms with Crippen molar-refractivity contribution in [1.29, 1.82) is 0 Å². The van der Waals surface area contributed by atoms with Gasteiger partial charge >= 0.3 is 6.09 Å². The van der Waals surface area contributed by atoms with Gasteiger partial charge in [-0.25, -0.2) is 4.79 Å². The minimum absolute atomic E-state index is 0.337. The van der Waals surface area contributed by atoms with E-state index in [-0.39, 0.29) is 6.09 Å².